The highest BCUT2D eigenvalue weighted by molar-refractivity contribution is 7.17. The van der Waals surface area contributed by atoms with Crippen LogP contribution in [0.15, 0.2) is 36.5 Å². The van der Waals surface area contributed by atoms with E-state index in [-0.39, 0.29) is 35.7 Å². The number of amides is 2. The van der Waals surface area contributed by atoms with Crippen molar-refractivity contribution in [3.8, 4) is 11.3 Å². The van der Waals surface area contributed by atoms with Crippen molar-refractivity contribution in [1.29, 1.82) is 0 Å². The normalized spacial score (nSPS) is 14.1. The van der Waals surface area contributed by atoms with Gasteiger partial charge in [-0.05, 0) is 36.8 Å². The average molecular weight is 535 g/mol. The lowest BCUT2D eigenvalue weighted by Gasteiger charge is -2.29. The topological polar surface area (TPSA) is 66.7 Å². The number of hydrogen-bond donors (Lipinski definition) is 1. The molecule has 12 heteroatoms. The Kier molecular flexibility index (Phi) is 6.44. The molecule has 0 bridgehead atoms. The zero-order chi connectivity index (χ0) is 26.4. The van der Waals surface area contributed by atoms with Crippen molar-refractivity contribution in [2.24, 2.45) is 0 Å². The fourth-order valence-electron chi connectivity index (χ4n) is 4.38. The van der Waals surface area contributed by atoms with E-state index in [4.69, 9.17) is 0 Å². The number of fused-ring (bicyclic) bond motifs is 3. The van der Waals surface area contributed by atoms with Crippen LogP contribution in [0.1, 0.15) is 23.1 Å². The van der Waals surface area contributed by atoms with E-state index in [1.54, 1.807) is 15.5 Å². The van der Waals surface area contributed by atoms with E-state index in [1.807, 2.05) is 0 Å². The van der Waals surface area contributed by atoms with Gasteiger partial charge in [0.05, 0.1) is 18.7 Å². The van der Waals surface area contributed by atoms with Gasteiger partial charge in [0.25, 0.3) is 0 Å². The molecule has 0 aliphatic carbocycles. The van der Waals surface area contributed by atoms with E-state index in [0.29, 0.717) is 24.0 Å². The van der Waals surface area contributed by atoms with Crippen molar-refractivity contribution in [3.63, 3.8) is 0 Å². The van der Waals surface area contributed by atoms with E-state index in [1.165, 1.54) is 18.3 Å². The van der Waals surface area contributed by atoms with E-state index >= 15 is 0 Å². The van der Waals surface area contributed by atoms with Gasteiger partial charge in [-0.2, -0.15) is 0 Å². The highest BCUT2D eigenvalue weighted by Gasteiger charge is 2.29. The average Bonchev–Trinajstić information content (AvgIpc) is 3.38. The van der Waals surface area contributed by atoms with Gasteiger partial charge in [0, 0.05) is 41.4 Å². The highest BCUT2D eigenvalue weighted by atomic mass is 32.1. The summed E-state index contributed by atoms with van der Waals surface area (Å²) in [5, 5.41) is 2.57. The second-order valence-electron chi connectivity index (χ2n) is 8.73. The van der Waals surface area contributed by atoms with Gasteiger partial charge in [0.2, 0.25) is 11.8 Å². The molecule has 1 aliphatic rings. The van der Waals surface area contributed by atoms with Crippen molar-refractivity contribution in [2.45, 2.75) is 32.4 Å². The van der Waals surface area contributed by atoms with E-state index < -0.39 is 41.0 Å². The summed E-state index contributed by atoms with van der Waals surface area (Å²) in [6.07, 6.45) is 1.73. The van der Waals surface area contributed by atoms with Crippen LogP contribution in [0.5, 0.6) is 0 Å². The predicted octanol–water partition coefficient (Wildman–Crippen LogP) is 4.39. The van der Waals surface area contributed by atoms with Crippen molar-refractivity contribution in [2.75, 3.05) is 6.54 Å². The van der Waals surface area contributed by atoms with Crippen LogP contribution in [0.25, 0.3) is 16.2 Å². The summed E-state index contributed by atoms with van der Waals surface area (Å²) in [6, 6.07) is 3.94. The number of carbonyl (C=O) groups excluding carboxylic acids is 2. The van der Waals surface area contributed by atoms with Crippen LogP contribution in [0.2, 0.25) is 0 Å². The molecule has 1 aliphatic heterocycles. The molecule has 2 amide bonds. The minimum atomic E-state index is -1.56. The van der Waals surface area contributed by atoms with Crippen molar-refractivity contribution in [1.82, 2.24) is 19.6 Å². The van der Waals surface area contributed by atoms with E-state index in [0.717, 1.165) is 34.8 Å². The van der Waals surface area contributed by atoms with Crippen LogP contribution in [0, 0.1) is 29.1 Å². The zero-order valence-corrected chi connectivity index (χ0v) is 20.1. The molecule has 0 saturated carbocycles. The van der Waals surface area contributed by atoms with E-state index in [9.17, 15) is 31.5 Å². The Balaban J connectivity index is 1.27. The Morgan fingerprint density at radius 2 is 1.81 bits per heavy atom. The first-order valence-corrected chi connectivity index (χ1v) is 12.1. The molecule has 192 valence electrons. The van der Waals surface area contributed by atoms with Crippen LogP contribution in [-0.2, 0) is 29.0 Å². The summed E-state index contributed by atoms with van der Waals surface area (Å²) in [5.74, 6) is -6.60. The van der Waals surface area contributed by atoms with Gasteiger partial charge >= 0.3 is 0 Å². The molecule has 0 spiro atoms. The molecule has 3 heterocycles. The minimum Gasteiger partial charge on any atom is -0.344 e. The number of benzene rings is 2. The first-order valence-electron chi connectivity index (χ1n) is 11.3. The van der Waals surface area contributed by atoms with Gasteiger partial charge < -0.3 is 10.2 Å². The maximum atomic E-state index is 14.2. The molecule has 5 rings (SSSR count). The Morgan fingerprint density at radius 3 is 2.54 bits per heavy atom. The second kappa shape index (κ2) is 9.58. The fourth-order valence-corrected chi connectivity index (χ4v) is 5.54. The molecule has 1 N–H and O–H groups in total. The largest absolute Gasteiger partial charge is 0.344 e. The Bertz CT molecular complexity index is 1530. The number of nitrogens with one attached hydrogen (secondary N) is 1. The Morgan fingerprint density at radius 1 is 1.08 bits per heavy atom. The van der Waals surface area contributed by atoms with Gasteiger partial charge in [0.15, 0.2) is 22.4 Å². The summed E-state index contributed by atoms with van der Waals surface area (Å²) < 4.78 is 69.6. The smallest absolute Gasteiger partial charge is 0.245 e. The molecule has 2 aromatic heterocycles. The lowest BCUT2D eigenvalue weighted by atomic mass is 10.1. The zero-order valence-electron chi connectivity index (χ0n) is 19.3. The molecule has 0 radical (unpaired) electrons. The summed E-state index contributed by atoms with van der Waals surface area (Å²) >= 11 is 1.29. The van der Waals surface area contributed by atoms with Gasteiger partial charge in [-0.25, -0.2) is 26.9 Å². The number of imidazole rings is 1. The number of thiazole rings is 1. The molecule has 1 atom stereocenters. The van der Waals surface area contributed by atoms with Gasteiger partial charge in [0.1, 0.15) is 17.7 Å². The van der Waals surface area contributed by atoms with Gasteiger partial charge in [-0.1, -0.05) is 11.3 Å². The first-order chi connectivity index (χ1) is 17.6. The molecule has 37 heavy (non-hydrogen) atoms. The molecule has 6 nitrogen and oxygen atoms in total. The van der Waals surface area contributed by atoms with Crippen LogP contribution in [0.4, 0.5) is 22.0 Å². The number of hydrogen-bond acceptors (Lipinski definition) is 4. The Labute approximate surface area is 211 Å². The maximum absolute atomic E-state index is 14.2. The SMILES string of the molecule is C[C@@H](NC(=O)Cc1cc(F)cc(F)c1)C(=O)N1CCc2c(sc3nc(-c4ccc(F)c(F)c4F)cn23)C1. The number of aromatic nitrogens is 2. The van der Waals surface area contributed by atoms with Crippen LogP contribution < -0.4 is 5.32 Å². The molecule has 4 aromatic rings. The van der Waals surface area contributed by atoms with E-state index in [2.05, 4.69) is 10.3 Å². The standard InChI is InChI=1S/C25H19F5N4O2S/c1-12(31-21(35)8-13-6-14(26)9-15(27)7-13)24(36)33-5-4-19-20(11-33)37-25-32-18(10-34(19)25)16-2-3-17(28)23(30)22(16)29/h2-3,6-7,9-10,12H,4-5,8,11H2,1H3,(H,31,35)/t12-/m1/s1. The van der Waals surface area contributed by atoms with Crippen LogP contribution >= 0.6 is 11.3 Å². The van der Waals surface area contributed by atoms with Gasteiger partial charge in [-0.3, -0.25) is 14.0 Å². The molecule has 0 unspecified atom stereocenters. The lowest BCUT2D eigenvalue weighted by molar-refractivity contribution is -0.136. The number of carbonyl (C=O) groups is 2. The number of rotatable bonds is 5. The van der Waals surface area contributed by atoms with Crippen LogP contribution in [-0.4, -0.2) is 38.7 Å². The summed E-state index contributed by atoms with van der Waals surface area (Å²) in [7, 11) is 0. The summed E-state index contributed by atoms with van der Waals surface area (Å²) in [5.41, 5.74) is 1.04. The predicted molar refractivity (Wildman–Crippen MR) is 125 cm³/mol. The lowest BCUT2D eigenvalue weighted by Crippen LogP contribution is -2.48. The third kappa shape index (κ3) is 4.80. The van der Waals surface area contributed by atoms with Crippen molar-refractivity contribution in [3.05, 3.63) is 81.7 Å². The highest BCUT2D eigenvalue weighted by Crippen LogP contribution is 2.32. The van der Waals surface area contributed by atoms with Crippen molar-refractivity contribution >= 4 is 28.1 Å². The van der Waals surface area contributed by atoms with Crippen molar-refractivity contribution < 1.29 is 31.5 Å². The monoisotopic (exact) mass is 534 g/mol. The molecule has 0 saturated heterocycles. The Hall–Kier alpha value is -3.80. The van der Waals surface area contributed by atoms with Crippen LogP contribution in [0.3, 0.4) is 0 Å². The van der Waals surface area contributed by atoms with Gasteiger partial charge in [-0.15, -0.1) is 0 Å². The second-order valence-corrected chi connectivity index (χ2v) is 9.79. The fraction of sp³-hybridized carbons (Fsp3) is 0.240. The third-order valence-corrected chi connectivity index (χ3v) is 7.19. The number of nitrogens with zero attached hydrogens (tertiary/aromatic N) is 3. The molecule has 2 aromatic carbocycles. The molecule has 0 fully saturated rings. The third-order valence-electron chi connectivity index (χ3n) is 6.11. The number of halogens is 5. The summed E-state index contributed by atoms with van der Waals surface area (Å²) in [4.78, 5) is 32.6. The molecular weight excluding hydrogens is 515 g/mol. The molecular formula is C25H19F5N4O2S. The first kappa shape index (κ1) is 24.9. The quantitative estimate of drug-likeness (QED) is 0.305. The maximum Gasteiger partial charge on any atom is 0.245 e. The summed E-state index contributed by atoms with van der Waals surface area (Å²) in [6.45, 7) is 2.15. The minimum absolute atomic E-state index is 0.151.